The number of aliphatic carboxylic acids is 4. The molecule has 0 heterocycles. The molecule has 19 nitrogen and oxygen atoms in total. The lowest BCUT2D eigenvalue weighted by molar-refractivity contribution is -0.146. The Kier molecular flexibility index (Phi) is 23.8. The number of urea groups is 1. The van der Waals surface area contributed by atoms with Crippen LogP contribution in [0.15, 0.2) is 24.3 Å². The maximum absolute atomic E-state index is 12.6. The summed E-state index contributed by atoms with van der Waals surface area (Å²) in [5.74, 6) is -6.60. The molecule has 0 bridgehead atoms. The number of aryl methyl sites for hydroxylation is 1. The molecule has 0 saturated carbocycles. The largest absolute Gasteiger partial charge is 0.481 e. The van der Waals surface area contributed by atoms with E-state index in [-0.39, 0.29) is 44.9 Å². The second kappa shape index (κ2) is 27.1. The Morgan fingerprint density at radius 3 is 1.98 bits per heavy atom. The predicted octanol–water partition coefficient (Wildman–Crippen LogP) is 0.514. The maximum Gasteiger partial charge on any atom is 0.326 e. The number of nitrogens with zero attached hydrogens (tertiary/aromatic N) is 1. The van der Waals surface area contributed by atoms with Crippen LogP contribution in [-0.2, 0) is 44.7 Å². The third kappa shape index (κ3) is 22.5. The van der Waals surface area contributed by atoms with Gasteiger partial charge in [-0.15, -0.1) is 0 Å². The van der Waals surface area contributed by atoms with Gasteiger partial charge in [0.25, 0.3) is 0 Å². The first-order valence-electron chi connectivity index (χ1n) is 17.4. The molecule has 3 atom stereocenters. The second-order valence-corrected chi connectivity index (χ2v) is 13.6. The summed E-state index contributed by atoms with van der Waals surface area (Å²) in [6, 6.07) is 3.25. The van der Waals surface area contributed by atoms with Crippen molar-refractivity contribution in [1.29, 1.82) is 0 Å². The topological polar surface area (TPSA) is 304 Å². The molecule has 20 heteroatoms. The Bertz CT molecular complexity index is 1400. The number of benzene rings is 1. The number of hydrogen-bond acceptors (Lipinski definition) is 10. The molecule has 0 saturated heterocycles. The van der Waals surface area contributed by atoms with Gasteiger partial charge in [0.15, 0.2) is 0 Å². The van der Waals surface area contributed by atoms with Crippen LogP contribution in [0.3, 0.4) is 0 Å². The third-order valence-electron chi connectivity index (χ3n) is 7.86. The van der Waals surface area contributed by atoms with Gasteiger partial charge in [-0.05, 0) is 98.1 Å². The third-order valence-corrected chi connectivity index (χ3v) is 8.58. The van der Waals surface area contributed by atoms with Crippen molar-refractivity contribution >= 4 is 70.2 Å². The summed E-state index contributed by atoms with van der Waals surface area (Å²) >= 11 is 2.24. The van der Waals surface area contributed by atoms with E-state index in [2.05, 4.69) is 50.7 Å². The highest BCUT2D eigenvalue weighted by molar-refractivity contribution is 14.1. The summed E-state index contributed by atoms with van der Waals surface area (Å²) in [7, 11) is 0. The van der Waals surface area contributed by atoms with Crippen LogP contribution in [0.25, 0.3) is 0 Å². The highest BCUT2D eigenvalue weighted by Crippen LogP contribution is 2.10. The molecule has 1 aromatic rings. The van der Waals surface area contributed by atoms with Crippen molar-refractivity contribution in [2.75, 3.05) is 39.4 Å². The van der Waals surface area contributed by atoms with Crippen molar-refractivity contribution < 1.29 is 63.5 Å². The number of unbranched alkanes of at least 4 members (excludes halogenated alkanes) is 2. The fourth-order valence-corrected chi connectivity index (χ4v) is 5.28. The van der Waals surface area contributed by atoms with Gasteiger partial charge in [-0.2, -0.15) is 0 Å². The molecule has 0 aliphatic carbocycles. The van der Waals surface area contributed by atoms with Crippen LogP contribution < -0.4 is 27.0 Å². The molecule has 1 aromatic carbocycles. The number of carbonyl (C=O) groups excluding carboxylic acids is 4. The number of rotatable bonds is 29. The van der Waals surface area contributed by atoms with Gasteiger partial charge in [-0.3, -0.25) is 24.0 Å². The molecule has 1 rings (SSSR count). The normalized spacial score (nSPS) is 12.4. The SMILES string of the molecule is N[C@@H](CCCCNC(=O)CCCc1ccc(I)cc1)C(=O)NCCOCC(=O)N(CCCC[C@H](NC(=O)N[C@@H](CCC(=O)O)C(=O)O)C(=O)O)CC(=O)O. The van der Waals surface area contributed by atoms with Crippen LogP contribution in [0.1, 0.15) is 69.8 Å². The molecule has 5 amide bonds. The summed E-state index contributed by atoms with van der Waals surface area (Å²) in [5, 5.41) is 46.2. The smallest absolute Gasteiger partial charge is 0.326 e. The molecule has 0 spiro atoms. The summed E-state index contributed by atoms with van der Waals surface area (Å²) in [6.07, 6.45) is 2.84. The van der Waals surface area contributed by atoms with E-state index in [4.69, 9.17) is 20.7 Å². The van der Waals surface area contributed by atoms with E-state index < -0.39 is 85.8 Å². The maximum atomic E-state index is 12.6. The number of carboxylic acid groups (broad SMARTS) is 4. The Morgan fingerprint density at radius 2 is 1.37 bits per heavy atom. The van der Waals surface area contributed by atoms with E-state index in [1.807, 2.05) is 17.4 Å². The molecule has 0 radical (unpaired) electrons. The van der Waals surface area contributed by atoms with Crippen LogP contribution in [-0.4, -0.2) is 130 Å². The van der Waals surface area contributed by atoms with Crippen LogP contribution in [0.5, 0.6) is 0 Å². The Morgan fingerprint density at radius 1 is 0.741 bits per heavy atom. The Balaban J connectivity index is 2.30. The average Bonchev–Trinajstić information content (AvgIpc) is 3.10. The summed E-state index contributed by atoms with van der Waals surface area (Å²) in [5.41, 5.74) is 7.14. The molecular formula is C34H51IN6O13. The number of nitrogens with two attached hydrogens (primary N) is 1. The van der Waals surface area contributed by atoms with Crippen molar-refractivity contribution in [1.82, 2.24) is 26.2 Å². The first-order valence-corrected chi connectivity index (χ1v) is 18.5. The van der Waals surface area contributed by atoms with Crippen LogP contribution >= 0.6 is 22.6 Å². The first-order chi connectivity index (χ1) is 25.6. The first kappa shape index (κ1) is 47.5. The number of carboxylic acids is 4. The van der Waals surface area contributed by atoms with Crippen LogP contribution in [0.4, 0.5) is 4.79 Å². The monoisotopic (exact) mass is 878 g/mol. The van der Waals surface area contributed by atoms with Crippen molar-refractivity contribution in [3.8, 4) is 0 Å². The summed E-state index contributed by atoms with van der Waals surface area (Å²) in [4.78, 5) is 95.1. The van der Waals surface area contributed by atoms with Gasteiger partial charge in [-0.25, -0.2) is 14.4 Å². The van der Waals surface area contributed by atoms with Gasteiger partial charge >= 0.3 is 29.9 Å². The highest BCUT2D eigenvalue weighted by atomic mass is 127. The number of nitrogens with one attached hydrogen (secondary N) is 4. The number of ether oxygens (including phenoxy) is 1. The zero-order chi connectivity index (χ0) is 40.5. The van der Waals surface area contributed by atoms with Crippen molar-refractivity contribution in [3.05, 3.63) is 33.4 Å². The van der Waals surface area contributed by atoms with Gasteiger partial charge < -0.3 is 57.1 Å². The van der Waals surface area contributed by atoms with Gasteiger partial charge in [0.05, 0.1) is 12.6 Å². The minimum absolute atomic E-state index is 0.0268. The van der Waals surface area contributed by atoms with Crippen molar-refractivity contribution in [3.63, 3.8) is 0 Å². The highest BCUT2D eigenvalue weighted by Gasteiger charge is 2.25. The van der Waals surface area contributed by atoms with E-state index in [1.54, 1.807) is 0 Å². The fourth-order valence-electron chi connectivity index (χ4n) is 4.92. The number of halogens is 1. The molecule has 0 unspecified atom stereocenters. The minimum Gasteiger partial charge on any atom is -0.481 e. The minimum atomic E-state index is -1.56. The van der Waals surface area contributed by atoms with E-state index in [0.29, 0.717) is 32.2 Å². The Labute approximate surface area is 326 Å². The van der Waals surface area contributed by atoms with Crippen LogP contribution in [0.2, 0.25) is 0 Å². The van der Waals surface area contributed by atoms with Gasteiger partial charge in [-0.1, -0.05) is 12.1 Å². The van der Waals surface area contributed by atoms with Crippen molar-refractivity contribution in [2.45, 2.75) is 88.8 Å². The lowest BCUT2D eigenvalue weighted by Crippen LogP contribution is -2.51. The zero-order valence-corrected chi connectivity index (χ0v) is 32.1. The van der Waals surface area contributed by atoms with Gasteiger partial charge in [0, 0.05) is 36.0 Å². The lowest BCUT2D eigenvalue weighted by Gasteiger charge is -2.22. The lowest BCUT2D eigenvalue weighted by atomic mass is 10.1. The summed E-state index contributed by atoms with van der Waals surface area (Å²) < 4.78 is 6.45. The zero-order valence-electron chi connectivity index (χ0n) is 29.9. The quantitative estimate of drug-likeness (QED) is 0.0392. The molecule has 10 N–H and O–H groups in total. The van der Waals surface area contributed by atoms with Crippen LogP contribution in [0, 0.1) is 3.57 Å². The number of hydrogen-bond donors (Lipinski definition) is 9. The van der Waals surface area contributed by atoms with E-state index in [0.717, 1.165) is 21.3 Å². The molecule has 0 aromatic heterocycles. The van der Waals surface area contributed by atoms with E-state index >= 15 is 0 Å². The van der Waals surface area contributed by atoms with Gasteiger partial charge in [0.2, 0.25) is 17.7 Å². The second-order valence-electron chi connectivity index (χ2n) is 12.3. The van der Waals surface area contributed by atoms with E-state index in [9.17, 15) is 48.6 Å². The fraction of sp³-hybridized carbons (Fsp3) is 0.588. The van der Waals surface area contributed by atoms with Crippen molar-refractivity contribution in [2.24, 2.45) is 5.73 Å². The number of amides is 5. The standard InChI is InChI=1S/C34H51IN6O13/c35-23-12-10-22(11-13-23)6-5-9-27(42)37-16-3-1-7-24(36)31(48)38-17-19-54-21-28(43)41(20-30(46)47)18-4-2-8-25(32(49)50)39-34(53)40-26(33(51)52)14-15-29(44)45/h10-13,24-26H,1-9,14-21,36H2,(H,37,42)(H,38,48)(H,44,45)(H,46,47)(H,49,50)(H,51,52)(H2,39,40,53)/t24-,25-,26-/m0/s1. The predicted molar refractivity (Wildman–Crippen MR) is 200 cm³/mol. The molecular weight excluding hydrogens is 827 g/mol. The van der Waals surface area contributed by atoms with E-state index in [1.165, 1.54) is 5.56 Å². The molecule has 302 valence electrons. The summed E-state index contributed by atoms with van der Waals surface area (Å²) in [6.45, 7) is -0.757. The average molecular weight is 879 g/mol. The molecule has 0 fully saturated rings. The Hall–Kier alpha value is -4.57. The molecule has 0 aliphatic heterocycles. The van der Waals surface area contributed by atoms with Gasteiger partial charge in [0.1, 0.15) is 25.2 Å². The number of carbonyl (C=O) groups is 8. The molecule has 0 aliphatic rings. The molecule has 54 heavy (non-hydrogen) atoms.